The molecule has 0 aliphatic rings. The summed E-state index contributed by atoms with van der Waals surface area (Å²) in [6, 6.07) is 13.1. The SMILES string of the molecule is CCCNC(Cc1ccccc1Cl)c1cc(C)cc(F)c1. The minimum Gasteiger partial charge on any atom is -0.310 e. The number of nitrogens with one attached hydrogen (secondary N) is 1. The lowest BCUT2D eigenvalue weighted by Crippen LogP contribution is -2.24. The van der Waals surface area contributed by atoms with E-state index < -0.39 is 0 Å². The molecule has 2 aromatic carbocycles. The van der Waals surface area contributed by atoms with Crippen molar-refractivity contribution in [2.24, 2.45) is 0 Å². The highest BCUT2D eigenvalue weighted by molar-refractivity contribution is 6.31. The third-order valence-electron chi connectivity index (χ3n) is 3.49. The van der Waals surface area contributed by atoms with Crippen LogP contribution in [-0.2, 0) is 6.42 Å². The number of halogens is 2. The molecule has 0 amide bonds. The smallest absolute Gasteiger partial charge is 0.123 e. The second-order valence-electron chi connectivity index (χ2n) is 5.36. The molecular weight excluding hydrogens is 285 g/mol. The lowest BCUT2D eigenvalue weighted by Gasteiger charge is -2.20. The van der Waals surface area contributed by atoms with E-state index in [4.69, 9.17) is 11.6 Å². The Balaban J connectivity index is 2.27. The Bertz CT molecular complexity index is 577. The molecule has 0 spiro atoms. The molecule has 0 aromatic heterocycles. The summed E-state index contributed by atoms with van der Waals surface area (Å²) >= 11 is 6.25. The van der Waals surface area contributed by atoms with Crippen LogP contribution in [0.3, 0.4) is 0 Å². The van der Waals surface area contributed by atoms with Gasteiger partial charge in [-0.25, -0.2) is 4.39 Å². The fourth-order valence-corrected chi connectivity index (χ4v) is 2.69. The van der Waals surface area contributed by atoms with Crippen molar-refractivity contribution in [3.63, 3.8) is 0 Å². The standard InChI is InChI=1S/C18H21ClFN/c1-3-8-21-18(12-14-6-4-5-7-17(14)19)15-9-13(2)10-16(20)11-15/h4-7,9-11,18,21H,3,8,12H2,1-2H3. The topological polar surface area (TPSA) is 12.0 Å². The second-order valence-corrected chi connectivity index (χ2v) is 5.77. The summed E-state index contributed by atoms with van der Waals surface area (Å²) in [5.41, 5.74) is 2.99. The van der Waals surface area contributed by atoms with Crippen LogP contribution in [0.1, 0.15) is 36.1 Å². The van der Waals surface area contributed by atoms with Crippen molar-refractivity contribution < 1.29 is 4.39 Å². The summed E-state index contributed by atoms with van der Waals surface area (Å²) < 4.78 is 13.7. The van der Waals surface area contributed by atoms with Crippen LogP contribution in [0, 0.1) is 12.7 Å². The Kier molecular flexibility index (Phi) is 5.77. The molecule has 3 heteroatoms. The zero-order valence-electron chi connectivity index (χ0n) is 12.5. The van der Waals surface area contributed by atoms with Gasteiger partial charge in [0.1, 0.15) is 5.82 Å². The average Bonchev–Trinajstić information content (AvgIpc) is 2.44. The first-order chi connectivity index (χ1) is 10.1. The minimum atomic E-state index is -0.188. The molecule has 0 aliphatic heterocycles. The molecule has 0 saturated carbocycles. The molecule has 0 aliphatic carbocycles. The Morgan fingerprint density at radius 1 is 1.19 bits per heavy atom. The lowest BCUT2D eigenvalue weighted by atomic mass is 9.97. The van der Waals surface area contributed by atoms with Gasteiger partial charge in [0, 0.05) is 11.1 Å². The minimum absolute atomic E-state index is 0.0687. The predicted octanol–water partition coefficient (Wildman–Crippen LogP) is 5.07. The highest BCUT2D eigenvalue weighted by Crippen LogP contribution is 2.24. The van der Waals surface area contributed by atoms with Gasteiger partial charge in [-0.3, -0.25) is 0 Å². The van der Waals surface area contributed by atoms with Crippen LogP contribution >= 0.6 is 11.6 Å². The normalized spacial score (nSPS) is 12.4. The monoisotopic (exact) mass is 305 g/mol. The maximum absolute atomic E-state index is 13.7. The van der Waals surface area contributed by atoms with Gasteiger partial charge < -0.3 is 5.32 Å². The van der Waals surface area contributed by atoms with E-state index in [1.807, 2.05) is 37.3 Å². The first-order valence-corrected chi connectivity index (χ1v) is 7.72. The van der Waals surface area contributed by atoms with Gasteiger partial charge >= 0.3 is 0 Å². The Morgan fingerprint density at radius 2 is 1.95 bits per heavy atom. The number of hydrogen-bond donors (Lipinski definition) is 1. The molecule has 112 valence electrons. The van der Waals surface area contributed by atoms with Crippen LogP contribution in [0.15, 0.2) is 42.5 Å². The van der Waals surface area contributed by atoms with E-state index in [2.05, 4.69) is 12.2 Å². The van der Waals surface area contributed by atoms with E-state index in [0.29, 0.717) is 0 Å². The van der Waals surface area contributed by atoms with Gasteiger partial charge in [-0.05, 0) is 61.2 Å². The van der Waals surface area contributed by atoms with Crippen molar-refractivity contribution in [1.29, 1.82) is 0 Å². The van der Waals surface area contributed by atoms with Gasteiger partial charge in [-0.2, -0.15) is 0 Å². The fourth-order valence-electron chi connectivity index (χ4n) is 2.48. The van der Waals surface area contributed by atoms with Crippen molar-refractivity contribution >= 4 is 11.6 Å². The van der Waals surface area contributed by atoms with Gasteiger partial charge in [0.15, 0.2) is 0 Å². The van der Waals surface area contributed by atoms with Crippen LogP contribution in [0.4, 0.5) is 4.39 Å². The number of rotatable bonds is 6. The van der Waals surface area contributed by atoms with Gasteiger partial charge in [0.2, 0.25) is 0 Å². The van der Waals surface area contributed by atoms with Crippen molar-refractivity contribution in [3.8, 4) is 0 Å². The Hall–Kier alpha value is -1.38. The van der Waals surface area contributed by atoms with Crippen LogP contribution in [0.2, 0.25) is 5.02 Å². The molecular formula is C18H21ClFN. The molecule has 1 N–H and O–H groups in total. The lowest BCUT2D eigenvalue weighted by molar-refractivity contribution is 0.524. The molecule has 1 unspecified atom stereocenters. The molecule has 2 rings (SSSR count). The summed E-state index contributed by atoms with van der Waals surface area (Å²) in [6.45, 7) is 4.93. The van der Waals surface area contributed by atoms with Crippen molar-refractivity contribution in [1.82, 2.24) is 5.32 Å². The summed E-state index contributed by atoms with van der Waals surface area (Å²) in [5, 5.41) is 4.25. The summed E-state index contributed by atoms with van der Waals surface area (Å²) in [7, 11) is 0. The van der Waals surface area contributed by atoms with E-state index in [1.165, 1.54) is 0 Å². The van der Waals surface area contributed by atoms with Crippen molar-refractivity contribution in [3.05, 3.63) is 70.0 Å². The molecule has 0 saturated heterocycles. The zero-order chi connectivity index (χ0) is 15.2. The molecule has 0 heterocycles. The van der Waals surface area contributed by atoms with E-state index in [9.17, 15) is 4.39 Å². The first kappa shape index (κ1) is 16.0. The van der Waals surface area contributed by atoms with E-state index in [1.54, 1.807) is 12.1 Å². The van der Waals surface area contributed by atoms with Crippen LogP contribution < -0.4 is 5.32 Å². The molecule has 0 bridgehead atoms. The largest absolute Gasteiger partial charge is 0.310 e. The average molecular weight is 306 g/mol. The highest BCUT2D eigenvalue weighted by Gasteiger charge is 2.14. The quantitative estimate of drug-likeness (QED) is 0.785. The third kappa shape index (κ3) is 4.55. The van der Waals surface area contributed by atoms with Gasteiger partial charge in [-0.1, -0.05) is 42.8 Å². The van der Waals surface area contributed by atoms with Gasteiger partial charge in [-0.15, -0.1) is 0 Å². The molecule has 21 heavy (non-hydrogen) atoms. The number of benzene rings is 2. The van der Waals surface area contributed by atoms with E-state index >= 15 is 0 Å². The van der Waals surface area contributed by atoms with Gasteiger partial charge in [0.05, 0.1) is 0 Å². The molecule has 2 aromatic rings. The maximum Gasteiger partial charge on any atom is 0.123 e. The van der Waals surface area contributed by atoms with E-state index in [-0.39, 0.29) is 11.9 Å². The third-order valence-corrected chi connectivity index (χ3v) is 3.86. The second kappa shape index (κ2) is 7.58. The van der Waals surface area contributed by atoms with Crippen molar-refractivity contribution in [2.45, 2.75) is 32.7 Å². The predicted molar refractivity (Wildman–Crippen MR) is 87.3 cm³/mol. The number of aryl methyl sites for hydroxylation is 1. The van der Waals surface area contributed by atoms with E-state index in [0.717, 1.165) is 41.1 Å². The Labute approximate surface area is 131 Å². The summed E-state index contributed by atoms with van der Waals surface area (Å²) in [4.78, 5) is 0. The highest BCUT2D eigenvalue weighted by atomic mass is 35.5. The molecule has 1 nitrogen and oxygen atoms in total. The fraction of sp³-hybridized carbons (Fsp3) is 0.333. The van der Waals surface area contributed by atoms with Gasteiger partial charge in [0.25, 0.3) is 0 Å². The molecule has 1 atom stereocenters. The summed E-state index contributed by atoms with van der Waals surface area (Å²) in [5.74, 6) is -0.188. The zero-order valence-corrected chi connectivity index (χ0v) is 13.3. The van der Waals surface area contributed by atoms with Crippen molar-refractivity contribution in [2.75, 3.05) is 6.54 Å². The molecule has 0 radical (unpaired) electrons. The number of hydrogen-bond acceptors (Lipinski definition) is 1. The first-order valence-electron chi connectivity index (χ1n) is 7.34. The summed E-state index contributed by atoms with van der Waals surface area (Å²) in [6.07, 6.45) is 1.79. The Morgan fingerprint density at radius 3 is 2.62 bits per heavy atom. The maximum atomic E-state index is 13.7. The van der Waals surface area contributed by atoms with Crippen LogP contribution in [0.5, 0.6) is 0 Å². The van der Waals surface area contributed by atoms with Crippen LogP contribution in [-0.4, -0.2) is 6.54 Å². The van der Waals surface area contributed by atoms with Crippen LogP contribution in [0.25, 0.3) is 0 Å². The molecule has 0 fully saturated rings.